The van der Waals surface area contributed by atoms with Crippen molar-refractivity contribution in [3.8, 4) is 0 Å². The maximum atomic E-state index is 12.1. The van der Waals surface area contributed by atoms with Gasteiger partial charge in [-0.3, -0.25) is 9.59 Å². The van der Waals surface area contributed by atoms with Crippen molar-refractivity contribution in [2.75, 3.05) is 7.05 Å². The minimum Gasteiger partial charge on any atom is -0.543 e. The molecule has 0 aromatic carbocycles. The summed E-state index contributed by atoms with van der Waals surface area (Å²) in [4.78, 5) is 25.2. The molecule has 0 bridgehead atoms. The van der Waals surface area contributed by atoms with E-state index in [1.165, 1.54) is 0 Å². The molecule has 0 aromatic heterocycles. The van der Waals surface area contributed by atoms with Gasteiger partial charge in [0.1, 0.15) is 0 Å². The summed E-state index contributed by atoms with van der Waals surface area (Å²) in [6.45, 7) is 14.7. The molecule has 2 radical (unpaired) electrons. The zero-order valence-corrected chi connectivity index (χ0v) is 13.8. The van der Waals surface area contributed by atoms with Crippen LogP contribution in [0.5, 0.6) is 0 Å². The van der Waals surface area contributed by atoms with Crippen LogP contribution in [0.15, 0.2) is 0 Å². The van der Waals surface area contributed by atoms with Gasteiger partial charge in [0.25, 0.3) is 5.97 Å². The normalized spacial score (nSPS) is 12.2. The maximum Gasteiger partial charge on any atom is 0.378 e. The van der Waals surface area contributed by atoms with E-state index in [1.807, 2.05) is 34.6 Å². The smallest absolute Gasteiger partial charge is 0.378 e. The van der Waals surface area contributed by atoms with Crippen molar-refractivity contribution in [1.29, 1.82) is 0 Å². The van der Waals surface area contributed by atoms with Gasteiger partial charge in [-0.2, -0.15) is 0 Å². The van der Waals surface area contributed by atoms with Crippen molar-refractivity contribution in [2.45, 2.75) is 68.9 Å². The first-order chi connectivity index (χ1) is 8.46. The molecule has 0 aliphatic rings. The van der Waals surface area contributed by atoms with E-state index in [2.05, 4.69) is 4.65 Å². The Labute approximate surface area is 126 Å². The third kappa shape index (κ3) is 5.97. The second kappa shape index (κ2) is 9.04. The number of nitrogens with zero attached hydrogens (tertiary/aromatic N) is 1. The van der Waals surface area contributed by atoms with Gasteiger partial charge < -0.3 is 9.55 Å². The van der Waals surface area contributed by atoms with Crippen LogP contribution < -0.4 is 0 Å². The zero-order chi connectivity index (χ0) is 16.0. The van der Waals surface area contributed by atoms with Crippen LogP contribution >= 0.6 is 0 Å². The first-order valence-electron chi connectivity index (χ1n) is 6.64. The van der Waals surface area contributed by atoms with Gasteiger partial charge >= 0.3 is 8.05 Å². The van der Waals surface area contributed by atoms with Crippen LogP contribution in [0.3, 0.4) is 0 Å². The predicted molar refractivity (Wildman–Crippen MR) is 85.4 cm³/mol. The third-order valence-electron chi connectivity index (χ3n) is 3.22. The number of carbonyl (C=O) groups is 2. The van der Waals surface area contributed by atoms with Crippen molar-refractivity contribution < 1.29 is 14.2 Å². The van der Waals surface area contributed by atoms with E-state index in [0.29, 0.717) is 0 Å². The van der Waals surface area contributed by atoms with Gasteiger partial charge in [0.2, 0.25) is 5.91 Å². The second-order valence-corrected chi connectivity index (χ2v) is 5.97. The van der Waals surface area contributed by atoms with Crippen molar-refractivity contribution in [3.63, 3.8) is 0 Å². The van der Waals surface area contributed by atoms with E-state index in [0.717, 1.165) is 0 Å². The Morgan fingerprint density at radius 3 is 1.70 bits per heavy atom. The summed E-state index contributed by atoms with van der Waals surface area (Å²) in [5, 5.41) is 0. The summed E-state index contributed by atoms with van der Waals surface area (Å²) in [5.74, 6) is -0.554. The van der Waals surface area contributed by atoms with Crippen molar-refractivity contribution in [3.05, 3.63) is 0 Å². The maximum absolute atomic E-state index is 12.1. The molecule has 0 saturated heterocycles. The lowest BCUT2D eigenvalue weighted by molar-refractivity contribution is -0.152. The Bertz CT molecular complexity index is 309. The Morgan fingerprint density at radius 2 is 1.45 bits per heavy atom. The second-order valence-electron chi connectivity index (χ2n) is 5.97. The fourth-order valence-corrected chi connectivity index (χ4v) is 1.51. The highest BCUT2D eigenvalue weighted by Gasteiger charge is 2.40. The average molecular weight is 285 g/mol. The number of amides is 1. The molecule has 0 fully saturated rings. The molecule has 118 valence electrons. The van der Waals surface area contributed by atoms with E-state index in [1.54, 1.807) is 32.7 Å². The van der Waals surface area contributed by atoms with Crippen molar-refractivity contribution in [2.24, 2.45) is 10.8 Å². The molecule has 0 spiro atoms. The Morgan fingerprint density at radius 1 is 1.10 bits per heavy atom. The summed E-state index contributed by atoms with van der Waals surface area (Å²) in [6.07, 6.45) is 0. The first kappa shape index (κ1) is 24.1. The standard InChI is InChI=1S/C12H22BNO3.C2H6.CH4/c1-8(12(5,6)10(16)17-13)14(7)9(15)11(2,3)4;1-2;/h8H,1-7H3;1-2H3;1H4. The zero-order valence-electron chi connectivity index (χ0n) is 13.8. The Kier molecular flexibility index (Phi) is 10.9. The molecular formula is C15H32BNO3. The molecule has 0 aliphatic heterocycles. The third-order valence-corrected chi connectivity index (χ3v) is 3.22. The molecule has 4 nitrogen and oxygen atoms in total. The number of carbonyl (C=O) groups excluding carboxylic acids is 2. The quantitative estimate of drug-likeness (QED) is 0.748. The summed E-state index contributed by atoms with van der Waals surface area (Å²) >= 11 is 0. The molecule has 0 heterocycles. The number of hydrogen-bond donors (Lipinski definition) is 0. The van der Waals surface area contributed by atoms with E-state index < -0.39 is 16.8 Å². The number of hydrogen-bond acceptors (Lipinski definition) is 3. The molecule has 0 aliphatic carbocycles. The fraction of sp³-hybridized carbons (Fsp3) is 0.867. The van der Waals surface area contributed by atoms with Crippen LogP contribution in [-0.4, -0.2) is 37.9 Å². The number of rotatable bonds is 3. The molecule has 0 rings (SSSR count). The van der Waals surface area contributed by atoms with Gasteiger partial charge in [-0.1, -0.05) is 42.0 Å². The molecule has 1 atom stereocenters. The van der Waals surface area contributed by atoms with Gasteiger partial charge in [0.05, 0.1) is 5.41 Å². The lowest BCUT2D eigenvalue weighted by atomic mass is 9.83. The lowest BCUT2D eigenvalue weighted by Crippen LogP contribution is -2.51. The fourth-order valence-electron chi connectivity index (χ4n) is 1.51. The Balaban J connectivity index is -0.000000916. The van der Waals surface area contributed by atoms with Gasteiger partial charge in [-0.25, -0.2) is 0 Å². The minimum atomic E-state index is -0.843. The van der Waals surface area contributed by atoms with Gasteiger partial charge in [0.15, 0.2) is 0 Å². The molecular weight excluding hydrogens is 253 g/mol. The average Bonchev–Trinajstić information content (AvgIpc) is 2.36. The van der Waals surface area contributed by atoms with Crippen LogP contribution in [0.25, 0.3) is 0 Å². The highest BCUT2D eigenvalue weighted by Crippen LogP contribution is 2.28. The SMILES string of the molecule is C.CC.[B]OC(=O)C(C)(C)C(C)N(C)C(=O)C(C)(C)C. The van der Waals surface area contributed by atoms with Gasteiger partial charge in [-0.05, 0) is 20.8 Å². The van der Waals surface area contributed by atoms with E-state index in [4.69, 9.17) is 8.05 Å². The predicted octanol–water partition coefficient (Wildman–Crippen LogP) is 3.19. The van der Waals surface area contributed by atoms with Crippen molar-refractivity contribution in [1.82, 2.24) is 4.90 Å². The van der Waals surface area contributed by atoms with Crippen LogP contribution in [0, 0.1) is 10.8 Å². The molecule has 1 amide bonds. The molecule has 5 heteroatoms. The first-order valence-corrected chi connectivity index (χ1v) is 6.64. The van der Waals surface area contributed by atoms with Crippen LogP contribution in [0.4, 0.5) is 0 Å². The summed E-state index contributed by atoms with van der Waals surface area (Å²) in [5.41, 5.74) is -1.32. The van der Waals surface area contributed by atoms with E-state index in [-0.39, 0.29) is 19.4 Å². The van der Waals surface area contributed by atoms with Gasteiger partial charge in [0, 0.05) is 18.5 Å². The molecule has 0 N–H and O–H groups in total. The highest BCUT2D eigenvalue weighted by atomic mass is 16.5. The van der Waals surface area contributed by atoms with E-state index in [9.17, 15) is 9.59 Å². The van der Waals surface area contributed by atoms with Gasteiger partial charge in [-0.15, -0.1) is 0 Å². The minimum absolute atomic E-state index is 0. The lowest BCUT2D eigenvalue weighted by Gasteiger charge is -2.38. The molecule has 0 aromatic rings. The molecule has 1 unspecified atom stereocenters. The van der Waals surface area contributed by atoms with Crippen LogP contribution in [-0.2, 0) is 14.2 Å². The molecule has 0 saturated carbocycles. The summed E-state index contributed by atoms with van der Waals surface area (Å²) in [7, 11) is 6.59. The van der Waals surface area contributed by atoms with Crippen LogP contribution in [0.1, 0.15) is 62.8 Å². The topological polar surface area (TPSA) is 46.6 Å². The highest BCUT2D eigenvalue weighted by molar-refractivity contribution is 6.06. The van der Waals surface area contributed by atoms with E-state index >= 15 is 0 Å². The summed E-state index contributed by atoms with van der Waals surface area (Å²) in [6, 6.07) is -0.301. The monoisotopic (exact) mass is 285 g/mol. The summed E-state index contributed by atoms with van der Waals surface area (Å²) < 4.78 is 4.27. The van der Waals surface area contributed by atoms with Crippen LogP contribution in [0.2, 0.25) is 0 Å². The largest absolute Gasteiger partial charge is 0.543 e. The van der Waals surface area contributed by atoms with Crippen molar-refractivity contribution >= 4 is 19.9 Å². The molecule has 20 heavy (non-hydrogen) atoms. The Hall–Kier alpha value is -0.995.